The minimum atomic E-state index is -0.990. The largest absolute Gasteiger partial charge is 0.478 e. The number of rotatable bonds is 8. The van der Waals surface area contributed by atoms with E-state index in [4.69, 9.17) is 5.11 Å². The van der Waals surface area contributed by atoms with Crippen LogP contribution < -0.4 is 9.80 Å². The molecule has 38 heavy (non-hydrogen) atoms. The number of hydrogen-bond donors (Lipinski definition) is 1. The molecule has 5 heteroatoms. The van der Waals surface area contributed by atoms with Crippen LogP contribution in [0.2, 0.25) is 0 Å². The quantitative estimate of drug-likeness (QED) is 0.328. The second kappa shape index (κ2) is 12.1. The molecule has 0 radical (unpaired) electrons. The van der Waals surface area contributed by atoms with Gasteiger partial charge in [-0.05, 0) is 78.3 Å². The third-order valence-corrected chi connectivity index (χ3v) is 7.79. The van der Waals surface area contributed by atoms with Gasteiger partial charge in [-0.1, -0.05) is 67.8 Å². The summed E-state index contributed by atoms with van der Waals surface area (Å²) < 4.78 is 0. The topological polar surface area (TPSA) is 60.9 Å². The van der Waals surface area contributed by atoms with Crippen molar-refractivity contribution in [2.24, 2.45) is 5.92 Å². The minimum Gasteiger partial charge on any atom is -0.478 e. The van der Waals surface area contributed by atoms with E-state index >= 15 is 0 Å². The molecule has 0 spiro atoms. The molecule has 0 atom stereocenters. The second-order valence-electron chi connectivity index (χ2n) is 10.5. The SMILES string of the molecule is O=C(O)C=Cc1cccc(N(Cc2ccc(-c3ccc(N4CCCC4)cc3)cc2)C(=O)C2CCCCC2)c1. The standard InChI is InChI=1S/C33H36N2O3/c36-32(37)20-13-25-7-6-10-31(23-25)35(33(38)29-8-2-1-3-9-29)24-26-11-14-27(15-12-26)28-16-18-30(19-17-28)34-21-4-5-22-34/h6-7,10-20,23,29H,1-5,8-9,21-22,24H2,(H,36,37). The predicted molar refractivity (Wildman–Crippen MR) is 154 cm³/mol. The van der Waals surface area contributed by atoms with Gasteiger partial charge in [-0.3, -0.25) is 4.79 Å². The molecule has 3 aromatic carbocycles. The molecule has 0 unspecified atom stereocenters. The van der Waals surface area contributed by atoms with E-state index < -0.39 is 5.97 Å². The average Bonchev–Trinajstić information content (AvgIpc) is 3.51. The van der Waals surface area contributed by atoms with E-state index in [-0.39, 0.29) is 11.8 Å². The Morgan fingerprint density at radius 3 is 2.16 bits per heavy atom. The Balaban J connectivity index is 1.36. The maximum absolute atomic E-state index is 13.7. The molecular weight excluding hydrogens is 472 g/mol. The number of aliphatic carboxylic acids is 1. The smallest absolute Gasteiger partial charge is 0.328 e. The van der Waals surface area contributed by atoms with Gasteiger partial charge in [0, 0.05) is 36.5 Å². The van der Waals surface area contributed by atoms with Crippen molar-refractivity contribution in [2.75, 3.05) is 22.9 Å². The summed E-state index contributed by atoms with van der Waals surface area (Å²) in [4.78, 5) is 29.0. The Morgan fingerprint density at radius 1 is 0.842 bits per heavy atom. The van der Waals surface area contributed by atoms with Crippen LogP contribution in [0.5, 0.6) is 0 Å². The first kappa shape index (κ1) is 25.8. The number of amides is 1. The van der Waals surface area contributed by atoms with Gasteiger partial charge in [-0.25, -0.2) is 4.79 Å². The first-order chi connectivity index (χ1) is 18.6. The van der Waals surface area contributed by atoms with Crippen molar-refractivity contribution in [1.82, 2.24) is 0 Å². The number of carboxylic acids is 1. The van der Waals surface area contributed by atoms with Crippen molar-refractivity contribution in [3.63, 3.8) is 0 Å². The third-order valence-electron chi connectivity index (χ3n) is 7.79. The van der Waals surface area contributed by atoms with E-state index in [2.05, 4.69) is 53.4 Å². The fourth-order valence-electron chi connectivity index (χ4n) is 5.66. The normalized spacial score (nSPS) is 16.2. The van der Waals surface area contributed by atoms with Crippen molar-refractivity contribution in [3.05, 3.63) is 90.0 Å². The van der Waals surface area contributed by atoms with Crippen molar-refractivity contribution in [2.45, 2.75) is 51.5 Å². The first-order valence-corrected chi connectivity index (χ1v) is 13.8. The van der Waals surface area contributed by atoms with Crippen molar-refractivity contribution < 1.29 is 14.7 Å². The van der Waals surface area contributed by atoms with Crippen LogP contribution >= 0.6 is 0 Å². The highest BCUT2D eigenvalue weighted by Crippen LogP contribution is 2.30. The second-order valence-corrected chi connectivity index (χ2v) is 10.5. The summed E-state index contributed by atoms with van der Waals surface area (Å²) in [5.74, 6) is -0.794. The summed E-state index contributed by atoms with van der Waals surface area (Å²) in [7, 11) is 0. The molecule has 1 amide bonds. The Morgan fingerprint density at radius 2 is 1.50 bits per heavy atom. The van der Waals surface area contributed by atoms with E-state index in [1.54, 1.807) is 6.08 Å². The Bertz CT molecular complexity index is 1270. The van der Waals surface area contributed by atoms with Gasteiger partial charge in [0.1, 0.15) is 0 Å². The fourth-order valence-corrected chi connectivity index (χ4v) is 5.66. The Kier molecular flexibility index (Phi) is 8.22. The molecule has 0 bridgehead atoms. The van der Waals surface area contributed by atoms with Gasteiger partial charge < -0.3 is 14.9 Å². The van der Waals surface area contributed by atoms with Crippen LogP contribution in [0.3, 0.4) is 0 Å². The summed E-state index contributed by atoms with van der Waals surface area (Å²) >= 11 is 0. The van der Waals surface area contributed by atoms with E-state index in [1.807, 2.05) is 29.2 Å². The minimum absolute atomic E-state index is 0.0374. The summed E-state index contributed by atoms with van der Waals surface area (Å²) in [6, 6.07) is 24.9. The predicted octanol–water partition coefficient (Wildman–Crippen LogP) is 7.17. The molecule has 0 aromatic heterocycles. The monoisotopic (exact) mass is 508 g/mol. The lowest BCUT2D eigenvalue weighted by atomic mass is 9.88. The lowest BCUT2D eigenvalue weighted by Crippen LogP contribution is -2.36. The molecule has 3 aromatic rings. The number of carbonyl (C=O) groups excluding carboxylic acids is 1. The van der Waals surface area contributed by atoms with Gasteiger partial charge in [-0.15, -0.1) is 0 Å². The molecule has 1 saturated carbocycles. The lowest BCUT2D eigenvalue weighted by molar-refractivity contribution is -0.131. The van der Waals surface area contributed by atoms with Crippen LogP contribution in [-0.4, -0.2) is 30.1 Å². The van der Waals surface area contributed by atoms with Crippen molar-refractivity contribution in [3.8, 4) is 11.1 Å². The van der Waals surface area contributed by atoms with Gasteiger partial charge in [-0.2, -0.15) is 0 Å². The molecule has 1 aliphatic carbocycles. The van der Waals surface area contributed by atoms with Crippen LogP contribution in [0, 0.1) is 5.92 Å². The maximum Gasteiger partial charge on any atom is 0.328 e. The number of carbonyl (C=O) groups is 2. The number of anilines is 2. The van der Waals surface area contributed by atoms with Crippen molar-refractivity contribution in [1.29, 1.82) is 0 Å². The summed E-state index contributed by atoms with van der Waals surface area (Å²) in [6.07, 6.45) is 10.5. The summed E-state index contributed by atoms with van der Waals surface area (Å²) in [6.45, 7) is 2.77. The van der Waals surface area contributed by atoms with Crippen molar-refractivity contribution >= 4 is 29.3 Å². The molecule has 2 fully saturated rings. The maximum atomic E-state index is 13.7. The highest BCUT2D eigenvalue weighted by molar-refractivity contribution is 5.95. The van der Waals surface area contributed by atoms with Gasteiger partial charge >= 0.3 is 5.97 Å². The fraction of sp³-hybridized carbons (Fsp3) is 0.333. The summed E-state index contributed by atoms with van der Waals surface area (Å²) in [5.41, 5.74) is 6.27. The molecule has 2 aliphatic rings. The van der Waals surface area contributed by atoms with Crippen LogP contribution in [0.4, 0.5) is 11.4 Å². The molecule has 5 rings (SSSR count). The highest BCUT2D eigenvalue weighted by atomic mass is 16.4. The van der Waals surface area contributed by atoms with E-state index in [1.165, 1.54) is 30.5 Å². The van der Waals surface area contributed by atoms with Crippen LogP contribution in [0.15, 0.2) is 78.9 Å². The zero-order valence-electron chi connectivity index (χ0n) is 21.9. The molecule has 1 heterocycles. The van der Waals surface area contributed by atoms with E-state index in [0.717, 1.165) is 67.2 Å². The zero-order chi connectivity index (χ0) is 26.3. The molecule has 1 aliphatic heterocycles. The van der Waals surface area contributed by atoms with E-state index in [0.29, 0.717) is 6.54 Å². The number of hydrogen-bond acceptors (Lipinski definition) is 3. The number of carboxylic acid groups (broad SMARTS) is 1. The van der Waals surface area contributed by atoms with E-state index in [9.17, 15) is 9.59 Å². The number of nitrogens with zero attached hydrogens (tertiary/aromatic N) is 2. The van der Waals surface area contributed by atoms with Crippen LogP contribution in [-0.2, 0) is 16.1 Å². The van der Waals surface area contributed by atoms with Gasteiger partial charge in [0.15, 0.2) is 0 Å². The molecule has 5 nitrogen and oxygen atoms in total. The van der Waals surface area contributed by atoms with Gasteiger partial charge in [0.05, 0.1) is 6.54 Å². The third kappa shape index (κ3) is 6.34. The highest BCUT2D eigenvalue weighted by Gasteiger charge is 2.27. The summed E-state index contributed by atoms with van der Waals surface area (Å²) in [5, 5.41) is 9.02. The van der Waals surface area contributed by atoms with Gasteiger partial charge in [0.2, 0.25) is 5.91 Å². The lowest BCUT2D eigenvalue weighted by Gasteiger charge is -2.30. The zero-order valence-corrected chi connectivity index (χ0v) is 21.9. The Labute approximate surface area is 225 Å². The van der Waals surface area contributed by atoms with Crippen LogP contribution in [0.25, 0.3) is 17.2 Å². The Hall–Kier alpha value is -3.86. The first-order valence-electron chi connectivity index (χ1n) is 13.8. The molecular formula is C33H36N2O3. The van der Waals surface area contributed by atoms with Crippen LogP contribution in [0.1, 0.15) is 56.1 Å². The molecule has 196 valence electrons. The molecule has 1 saturated heterocycles. The average molecular weight is 509 g/mol. The number of benzene rings is 3. The van der Waals surface area contributed by atoms with Gasteiger partial charge in [0.25, 0.3) is 0 Å². The molecule has 1 N–H and O–H groups in total.